The summed E-state index contributed by atoms with van der Waals surface area (Å²) in [4.78, 5) is 0. The SMILES string of the molecule is NS(=O)(=O)Nc1cccc(-c2nnnn2C2CC2)c1. The van der Waals surface area contributed by atoms with E-state index in [0.29, 0.717) is 17.6 Å². The Morgan fingerprint density at radius 2 is 2.16 bits per heavy atom. The molecule has 1 aliphatic rings. The average Bonchev–Trinajstić information content (AvgIpc) is 3.05. The monoisotopic (exact) mass is 280 g/mol. The van der Waals surface area contributed by atoms with Crippen molar-refractivity contribution in [2.45, 2.75) is 18.9 Å². The molecule has 1 saturated carbocycles. The Labute approximate surface area is 109 Å². The molecule has 0 atom stereocenters. The van der Waals surface area contributed by atoms with E-state index in [0.717, 1.165) is 18.4 Å². The summed E-state index contributed by atoms with van der Waals surface area (Å²) in [6.07, 6.45) is 2.13. The molecule has 0 bridgehead atoms. The van der Waals surface area contributed by atoms with Crippen LogP contribution in [0.15, 0.2) is 24.3 Å². The van der Waals surface area contributed by atoms with Crippen LogP contribution >= 0.6 is 0 Å². The topological polar surface area (TPSA) is 116 Å². The lowest BCUT2D eigenvalue weighted by Gasteiger charge is -2.06. The van der Waals surface area contributed by atoms with Gasteiger partial charge in [0.1, 0.15) is 0 Å². The van der Waals surface area contributed by atoms with Gasteiger partial charge in [0.05, 0.1) is 11.7 Å². The maximum atomic E-state index is 11.0. The normalized spacial score (nSPS) is 15.4. The number of nitrogens with zero attached hydrogens (tertiary/aromatic N) is 4. The Balaban J connectivity index is 1.96. The van der Waals surface area contributed by atoms with E-state index in [1.54, 1.807) is 22.9 Å². The molecule has 1 fully saturated rings. The van der Waals surface area contributed by atoms with Gasteiger partial charge < -0.3 is 0 Å². The van der Waals surface area contributed by atoms with Crippen LogP contribution in [0.3, 0.4) is 0 Å². The Hall–Kier alpha value is -2.00. The van der Waals surface area contributed by atoms with Gasteiger partial charge >= 0.3 is 0 Å². The van der Waals surface area contributed by atoms with Crippen LogP contribution in [0.25, 0.3) is 11.4 Å². The van der Waals surface area contributed by atoms with Gasteiger partial charge in [0.15, 0.2) is 5.82 Å². The molecule has 0 unspecified atom stereocenters. The lowest BCUT2D eigenvalue weighted by atomic mass is 10.2. The highest BCUT2D eigenvalue weighted by molar-refractivity contribution is 7.90. The fraction of sp³-hybridized carbons (Fsp3) is 0.300. The number of hydrogen-bond acceptors (Lipinski definition) is 5. The molecule has 3 rings (SSSR count). The first-order valence-corrected chi connectivity index (χ1v) is 7.26. The maximum absolute atomic E-state index is 11.0. The minimum atomic E-state index is -3.79. The van der Waals surface area contributed by atoms with Gasteiger partial charge in [0.2, 0.25) is 0 Å². The van der Waals surface area contributed by atoms with Crippen molar-refractivity contribution in [1.82, 2.24) is 20.2 Å². The van der Waals surface area contributed by atoms with E-state index >= 15 is 0 Å². The molecule has 0 amide bonds. The standard InChI is InChI=1S/C10H12N6O2S/c11-19(17,18)13-8-3-1-2-7(6-8)10-12-14-15-16(10)9-4-5-9/h1-3,6,9,13H,4-5H2,(H2,11,17,18). The van der Waals surface area contributed by atoms with Crippen molar-refractivity contribution in [2.24, 2.45) is 5.14 Å². The number of tetrazole rings is 1. The number of rotatable bonds is 4. The van der Waals surface area contributed by atoms with Crippen molar-refractivity contribution >= 4 is 15.9 Å². The van der Waals surface area contributed by atoms with Crippen molar-refractivity contribution in [1.29, 1.82) is 0 Å². The fourth-order valence-electron chi connectivity index (χ4n) is 1.83. The zero-order chi connectivity index (χ0) is 13.5. The third-order valence-electron chi connectivity index (χ3n) is 2.77. The predicted octanol–water partition coefficient (Wildman–Crippen LogP) is 0.290. The second-order valence-electron chi connectivity index (χ2n) is 4.41. The summed E-state index contributed by atoms with van der Waals surface area (Å²) in [6.45, 7) is 0. The molecule has 2 aromatic rings. The lowest BCUT2D eigenvalue weighted by molar-refractivity contribution is 0.603. The van der Waals surface area contributed by atoms with Crippen molar-refractivity contribution in [3.05, 3.63) is 24.3 Å². The highest BCUT2D eigenvalue weighted by Crippen LogP contribution is 2.36. The van der Waals surface area contributed by atoms with Gasteiger partial charge in [-0.15, -0.1) is 5.10 Å². The summed E-state index contributed by atoms with van der Waals surface area (Å²) >= 11 is 0. The van der Waals surface area contributed by atoms with Crippen LogP contribution in [-0.4, -0.2) is 28.6 Å². The van der Waals surface area contributed by atoms with Crippen molar-refractivity contribution in [2.75, 3.05) is 4.72 Å². The molecule has 100 valence electrons. The molecule has 0 saturated heterocycles. The molecule has 1 aliphatic carbocycles. The van der Waals surface area contributed by atoms with Crippen LogP contribution in [0.1, 0.15) is 18.9 Å². The smallest absolute Gasteiger partial charge is 0.271 e. The van der Waals surface area contributed by atoms with E-state index in [1.807, 2.05) is 6.07 Å². The first-order chi connectivity index (χ1) is 9.03. The molecular weight excluding hydrogens is 268 g/mol. The molecule has 8 nitrogen and oxygen atoms in total. The molecular formula is C10H12N6O2S. The summed E-state index contributed by atoms with van der Waals surface area (Å²) in [7, 11) is -3.79. The largest absolute Gasteiger partial charge is 0.296 e. The quantitative estimate of drug-likeness (QED) is 0.835. The molecule has 0 aliphatic heterocycles. The van der Waals surface area contributed by atoms with Crippen LogP contribution in [0.5, 0.6) is 0 Å². The molecule has 0 radical (unpaired) electrons. The summed E-state index contributed by atoms with van der Waals surface area (Å²) < 4.78 is 26.0. The van der Waals surface area contributed by atoms with Gasteiger partial charge in [0, 0.05) is 5.56 Å². The van der Waals surface area contributed by atoms with Crippen molar-refractivity contribution in [3.63, 3.8) is 0 Å². The number of hydrogen-bond donors (Lipinski definition) is 2. The molecule has 1 heterocycles. The Morgan fingerprint density at radius 1 is 1.37 bits per heavy atom. The first-order valence-electron chi connectivity index (χ1n) is 5.72. The maximum Gasteiger partial charge on any atom is 0.296 e. The zero-order valence-electron chi connectivity index (χ0n) is 9.89. The highest BCUT2D eigenvalue weighted by Gasteiger charge is 2.28. The summed E-state index contributed by atoms with van der Waals surface area (Å²) in [5, 5.41) is 16.5. The van der Waals surface area contributed by atoms with Gasteiger partial charge in [-0.3, -0.25) is 4.72 Å². The molecule has 0 spiro atoms. The number of nitrogens with two attached hydrogens (primary N) is 1. The third kappa shape index (κ3) is 2.71. The second kappa shape index (κ2) is 4.28. The van der Waals surface area contributed by atoms with Gasteiger partial charge in [0.25, 0.3) is 10.2 Å². The lowest BCUT2D eigenvalue weighted by Crippen LogP contribution is -2.21. The Morgan fingerprint density at radius 3 is 2.84 bits per heavy atom. The van der Waals surface area contributed by atoms with Crippen LogP contribution in [0, 0.1) is 0 Å². The van der Waals surface area contributed by atoms with Gasteiger partial charge in [-0.25, -0.2) is 9.82 Å². The van der Waals surface area contributed by atoms with Crippen molar-refractivity contribution < 1.29 is 8.42 Å². The predicted molar refractivity (Wildman–Crippen MR) is 68.3 cm³/mol. The summed E-state index contributed by atoms with van der Waals surface area (Å²) in [6, 6.07) is 7.14. The summed E-state index contributed by atoms with van der Waals surface area (Å²) in [5.41, 5.74) is 1.12. The van der Waals surface area contributed by atoms with E-state index in [9.17, 15) is 8.42 Å². The van der Waals surface area contributed by atoms with Crippen molar-refractivity contribution in [3.8, 4) is 11.4 Å². The molecule has 3 N–H and O–H groups in total. The second-order valence-corrected chi connectivity index (χ2v) is 5.70. The molecule has 1 aromatic carbocycles. The summed E-state index contributed by atoms with van der Waals surface area (Å²) in [5.74, 6) is 0.626. The van der Waals surface area contributed by atoms with E-state index < -0.39 is 10.2 Å². The van der Waals surface area contributed by atoms with Crippen LogP contribution in [0.2, 0.25) is 0 Å². The minimum Gasteiger partial charge on any atom is -0.271 e. The van der Waals surface area contributed by atoms with Crippen LogP contribution in [-0.2, 0) is 10.2 Å². The Kier molecular flexibility index (Phi) is 2.72. The molecule has 19 heavy (non-hydrogen) atoms. The number of aromatic nitrogens is 4. The number of benzene rings is 1. The molecule has 1 aromatic heterocycles. The van der Waals surface area contributed by atoms with Crippen LogP contribution in [0.4, 0.5) is 5.69 Å². The van der Waals surface area contributed by atoms with Gasteiger partial charge in [-0.1, -0.05) is 12.1 Å². The fourth-order valence-corrected chi connectivity index (χ4v) is 2.29. The first kappa shape index (κ1) is 12.1. The number of anilines is 1. The van der Waals surface area contributed by atoms with Gasteiger partial charge in [-0.05, 0) is 35.4 Å². The van der Waals surface area contributed by atoms with E-state index in [4.69, 9.17) is 5.14 Å². The average molecular weight is 280 g/mol. The van der Waals surface area contributed by atoms with E-state index in [1.165, 1.54) is 0 Å². The molecule has 9 heteroatoms. The Bertz CT molecular complexity index is 706. The minimum absolute atomic E-state index is 0.347. The van der Waals surface area contributed by atoms with Crippen LogP contribution < -0.4 is 9.86 Å². The van der Waals surface area contributed by atoms with E-state index in [2.05, 4.69) is 20.2 Å². The highest BCUT2D eigenvalue weighted by atomic mass is 32.2. The van der Waals surface area contributed by atoms with E-state index in [-0.39, 0.29) is 0 Å². The third-order valence-corrected chi connectivity index (χ3v) is 3.29. The van der Waals surface area contributed by atoms with Gasteiger partial charge in [-0.2, -0.15) is 8.42 Å². The zero-order valence-corrected chi connectivity index (χ0v) is 10.7. The number of nitrogens with one attached hydrogen (secondary N) is 1.